The second-order valence-corrected chi connectivity index (χ2v) is 23.2. The van der Waals surface area contributed by atoms with Crippen LogP contribution < -0.4 is 25.2 Å². The van der Waals surface area contributed by atoms with Crippen molar-refractivity contribution in [3.05, 3.63) is 101 Å². The first kappa shape index (κ1) is 51.0. The summed E-state index contributed by atoms with van der Waals surface area (Å²) in [7, 11) is 0. The van der Waals surface area contributed by atoms with E-state index in [4.69, 9.17) is 24.2 Å². The standard InChI is InChI=1S/C58H66FN11O6S/c1-5-36-7-6-8-38-21-41(71)22-43(49(36)38)51-50(59)52-44(26-60-51)54(68-27-39-13-14-40(28-68)63-39)65-57(64-52)75-20-19-67-17-15-58(16-18-67)30-69(31-58)47-24-46(76-66-47)48(33(2)3)56(74)70-29-42(72)23-45(70)55(73)61-25-35-9-11-37(12-10-35)53-34(4)62-32-77-53/h6-12,21-22,24,26,32-33,39-40,42,45,48,63,71-72H,5,13-20,23,25,27-31H2,1-4H3,(H,61,73)/t39?,40?,42-,45+,48-/m1/s1. The van der Waals surface area contributed by atoms with Gasteiger partial charge in [-0.1, -0.05) is 68.4 Å². The number of rotatable bonds is 15. The quantitative estimate of drug-likeness (QED) is 0.0782. The Morgan fingerprint density at radius 3 is 2.51 bits per heavy atom. The van der Waals surface area contributed by atoms with Gasteiger partial charge in [0.15, 0.2) is 17.4 Å². The Morgan fingerprint density at radius 1 is 1.00 bits per heavy atom. The number of hydrogen-bond donors (Lipinski definition) is 4. The number of pyridine rings is 1. The van der Waals surface area contributed by atoms with E-state index < -0.39 is 23.9 Å². The van der Waals surface area contributed by atoms with Crippen molar-refractivity contribution in [3.63, 3.8) is 0 Å². The molecule has 402 valence electrons. The largest absolute Gasteiger partial charge is 0.508 e. The Labute approximate surface area is 450 Å². The molecule has 1 spiro atoms. The Morgan fingerprint density at radius 2 is 1.78 bits per heavy atom. The summed E-state index contributed by atoms with van der Waals surface area (Å²) < 4.78 is 29.4. The summed E-state index contributed by atoms with van der Waals surface area (Å²) in [6, 6.07) is 19.0. The van der Waals surface area contributed by atoms with Crippen LogP contribution in [0.4, 0.5) is 16.0 Å². The number of carbonyl (C=O) groups excluding carboxylic acids is 2. The number of carbonyl (C=O) groups is 2. The van der Waals surface area contributed by atoms with Gasteiger partial charge >= 0.3 is 6.01 Å². The van der Waals surface area contributed by atoms with Crippen molar-refractivity contribution in [2.24, 2.45) is 11.3 Å². The first-order valence-electron chi connectivity index (χ1n) is 27.2. The number of nitrogens with zero attached hydrogens (tertiary/aromatic N) is 9. The Kier molecular flexibility index (Phi) is 13.8. The SMILES string of the molecule is CCc1cccc2cc(O)cc(-c3ncc4c(N5CC6CCC(C5)N6)nc(OCCN5CCC6(CC5)CN(c5cc([C@H](C(=O)N7C[C@H](O)C[C@H]7C(=O)NCc7ccc(-c8scnc8C)cc7)C(C)C)on5)C6)nc4c3F)c12. The van der Waals surface area contributed by atoms with Crippen molar-refractivity contribution in [2.75, 3.05) is 68.8 Å². The molecule has 4 N–H and O–H groups in total. The number of β-amino-alcohol motifs (C(OH)–C–C–N with tert-alkyl or cyclic N) is 1. The number of aryl methyl sites for hydroxylation is 2. The monoisotopic (exact) mass is 1060 g/mol. The summed E-state index contributed by atoms with van der Waals surface area (Å²) in [5.74, 6) is -0.184. The number of aliphatic hydroxyl groups excluding tert-OH is 1. The number of aromatic nitrogens is 5. The number of anilines is 2. The summed E-state index contributed by atoms with van der Waals surface area (Å²) in [5.41, 5.74) is 6.75. The minimum Gasteiger partial charge on any atom is -0.508 e. The molecule has 0 aliphatic carbocycles. The third-order valence-corrected chi connectivity index (χ3v) is 17.8. The number of ether oxygens (including phenoxy) is 1. The molecule has 9 heterocycles. The van der Waals surface area contributed by atoms with Gasteiger partial charge in [0.05, 0.1) is 27.6 Å². The van der Waals surface area contributed by atoms with Crippen LogP contribution in [0, 0.1) is 24.1 Å². The predicted molar refractivity (Wildman–Crippen MR) is 294 cm³/mol. The molecule has 0 saturated carbocycles. The molecule has 5 fully saturated rings. The van der Waals surface area contributed by atoms with Gasteiger partial charge in [0.1, 0.15) is 41.3 Å². The van der Waals surface area contributed by atoms with Crippen molar-refractivity contribution in [1.82, 2.24) is 45.5 Å². The number of phenols is 1. The molecule has 3 aromatic carbocycles. The lowest BCUT2D eigenvalue weighted by molar-refractivity contribution is -0.141. The number of phenolic OH excluding ortho intramolecular Hbond substituents is 1. The van der Waals surface area contributed by atoms with E-state index in [0.717, 1.165) is 109 Å². The third-order valence-electron chi connectivity index (χ3n) is 16.8. The zero-order chi connectivity index (χ0) is 53.1. The minimum atomic E-state index is -0.817. The van der Waals surface area contributed by atoms with Gasteiger partial charge in [-0.25, -0.2) is 9.37 Å². The number of benzene rings is 3. The van der Waals surface area contributed by atoms with Gasteiger partial charge in [0.2, 0.25) is 11.8 Å². The maximum absolute atomic E-state index is 17.1. The fraction of sp³-hybridized carbons (Fsp3) is 0.466. The van der Waals surface area contributed by atoms with Gasteiger partial charge in [0, 0.05) is 87.6 Å². The van der Waals surface area contributed by atoms with Crippen LogP contribution in [0.25, 0.3) is 43.4 Å². The number of amides is 2. The number of aliphatic hydroxyl groups is 1. The average Bonchev–Trinajstić information content (AvgIpc) is 4.29. The van der Waals surface area contributed by atoms with E-state index >= 15 is 4.39 Å². The molecule has 19 heteroatoms. The minimum absolute atomic E-state index is 0.0371. The van der Waals surface area contributed by atoms with Crippen LogP contribution in [0.15, 0.2) is 76.9 Å². The number of thiazole rings is 1. The molecule has 2 unspecified atom stereocenters. The number of piperazine rings is 1. The molecule has 4 aromatic heterocycles. The zero-order valence-corrected chi connectivity index (χ0v) is 44.9. The summed E-state index contributed by atoms with van der Waals surface area (Å²) in [6.07, 6.45) is 5.89. The van der Waals surface area contributed by atoms with Crippen LogP contribution in [-0.2, 0) is 22.6 Å². The fourth-order valence-corrected chi connectivity index (χ4v) is 13.5. The first-order chi connectivity index (χ1) is 37.3. The van der Waals surface area contributed by atoms with Crippen molar-refractivity contribution in [1.29, 1.82) is 0 Å². The molecule has 2 amide bonds. The van der Waals surface area contributed by atoms with Crippen LogP contribution in [0.2, 0.25) is 0 Å². The fourth-order valence-electron chi connectivity index (χ4n) is 12.7. The second kappa shape index (κ2) is 20.9. The Balaban J connectivity index is 0.671. The van der Waals surface area contributed by atoms with E-state index in [0.29, 0.717) is 60.1 Å². The molecule has 7 aromatic rings. The highest BCUT2D eigenvalue weighted by molar-refractivity contribution is 7.13. The van der Waals surface area contributed by atoms with E-state index in [-0.39, 0.29) is 59.1 Å². The summed E-state index contributed by atoms with van der Waals surface area (Å²) in [5, 5.41) is 34.9. The molecular formula is C58H66FN11O6S. The maximum Gasteiger partial charge on any atom is 0.319 e. The number of piperidine rings is 1. The van der Waals surface area contributed by atoms with Gasteiger partial charge in [-0.05, 0) is 97.6 Å². The lowest BCUT2D eigenvalue weighted by Gasteiger charge is -2.54. The molecule has 2 bridgehead atoms. The van der Waals surface area contributed by atoms with Gasteiger partial charge in [-0.3, -0.25) is 19.5 Å². The molecule has 17 nitrogen and oxygen atoms in total. The number of aromatic hydroxyl groups is 1. The molecule has 5 saturated heterocycles. The topological polar surface area (TPSA) is 198 Å². The summed E-state index contributed by atoms with van der Waals surface area (Å²) >= 11 is 1.59. The van der Waals surface area contributed by atoms with Crippen LogP contribution in [0.5, 0.6) is 11.8 Å². The second-order valence-electron chi connectivity index (χ2n) is 22.4. The van der Waals surface area contributed by atoms with Gasteiger partial charge < -0.3 is 44.8 Å². The molecule has 5 atom stereocenters. The van der Waals surface area contributed by atoms with E-state index in [1.165, 1.54) is 4.90 Å². The lowest BCUT2D eigenvalue weighted by Crippen LogP contribution is -2.60. The van der Waals surface area contributed by atoms with Gasteiger partial charge in [0.25, 0.3) is 0 Å². The number of halogens is 1. The highest BCUT2D eigenvalue weighted by atomic mass is 32.1. The molecule has 0 radical (unpaired) electrons. The zero-order valence-electron chi connectivity index (χ0n) is 44.0. The molecule has 5 aliphatic heterocycles. The Hall–Kier alpha value is -6.80. The highest BCUT2D eigenvalue weighted by Gasteiger charge is 2.47. The lowest BCUT2D eigenvalue weighted by atomic mass is 9.72. The Bertz CT molecular complexity index is 3320. The predicted octanol–water partition coefficient (Wildman–Crippen LogP) is 7.61. The first-order valence-corrected chi connectivity index (χ1v) is 28.1. The molecule has 77 heavy (non-hydrogen) atoms. The van der Waals surface area contributed by atoms with Crippen molar-refractivity contribution in [3.8, 4) is 33.5 Å². The average molecular weight is 1060 g/mol. The molecule has 5 aliphatic rings. The maximum atomic E-state index is 17.1. The normalized spacial score (nSPS) is 21.6. The number of fused-ring (bicyclic) bond motifs is 4. The van der Waals surface area contributed by atoms with E-state index in [1.807, 2.05) is 74.8 Å². The van der Waals surface area contributed by atoms with Gasteiger partial charge in [-0.15, -0.1) is 11.3 Å². The van der Waals surface area contributed by atoms with Crippen LogP contribution in [0.3, 0.4) is 0 Å². The third kappa shape index (κ3) is 9.95. The van der Waals surface area contributed by atoms with E-state index in [2.05, 4.69) is 42.4 Å². The van der Waals surface area contributed by atoms with Gasteiger partial charge in [-0.2, -0.15) is 9.97 Å². The van der Waals surface area contributed by atoms with Crippen LogP contribution in [0.1, 0.15) is 81.4 Å². The van der Waals surface area contributed by atoms with E-state index in [9.17, 15) is 19.8 Å². The van der Waals surface area contributed by atoms with Crippen molar-refractivity contribution in [2.45, 2.75) is 103 Å². The van der Waals surface area contributed by atoms with Crippen molar-refractivity contribution < 1.29 is 33.5 Å². The number of nitrogens with one attached hydrogen (secondary N) is 2. The summed E-state index contributed by atoms with van der Waals surface area (Å²) in [4.78, 5) is 56.2. The van der Waals surface area contributed by atoms with Crippen molar-refractivity contribution >= 4 is 56.5 Å². The number of likely N-dealkylation sites (tertiary alicyclic amines) is 2. The molecular weight excluding hydrogens is 998 g/mol. The highest BCUT2D eigenvalue weighted by Crippen LogP contribution is 2.44. The summed E-state index contributed by atoms with van der Waals surface area (Å²) in [6.45, 7) is 14.2. The molecule has 12 rings (SSSR count). The smallest absolute Gasteiger partial charge is 0.319 e. The van der Waals surface area contributed by atoms with Crippen LogP contribution in [-0.4, -0.2) is 140 Å². The van der Waals surface area contributed by atoms with Crippen LogP contribution >= 0.6 is 11.3 Å². The van der Waals surface area contributed by atoms with E-state index in [1.54, 1.807) is 29.7 Å². The number of hydrogen-bond acceptors (Lipinski definition) is 16.